The lowest BCUT2D eigenvalue weighted by atomic mass is 10.2. The third kappa shape index (κ3) is 4.23. The van der Waals surface area contributed by atoms with E-state index in [9.17, 15) is 4.79 Å². The summed E-state index contributed by atoms with van der Waals surface area (Å²) < 4.78 is 2.42. The molecular weight excluding hydrogens is 422 g/mol. The van der Waals surface area contributed by atoms with Crippen molar-refractivity contribution in [1.29, 1.82) is 0 Å². The Morgan fingerprint density at radius 3 is 2.84 bits per heavy atom. The number of nitrogens with two attached hydrogens (primary N) is 1. The Morgan fingerprint density at radius 1 is 1.32 bits per heavy atom. The summed E-state index contributed by atoms with van der Waals surface area (Å²) in [7, 11) is 1.78. The molecule has 0 spiro atoms. The van der Waals surface area contributed by atoms with Gasteiger partial charge in [-0.15, -0.1) is 21.5 Å². The number of thiophene rings is 1. The van der Waals surface area contributed by atoms with E-state index in [-0.39, 0.29) is 11.7 Å². The highest BCUT2D eigenvalue weighted by atomic mass is 79.9. The number of hydrogen-bond acceptors (Lipinski definition) is 6. The summed E-state index contributed by atoms with van der Waals surface area (Å²) in [5.74, 6) is 6.90. The summed E-state index contributed by atoms with van der Waals surface area (Å²) in [6, 6.07) is 11.7. The fourth-order valence-electron chi connectivity index (χ4n) is 2.16. The van der Waals surface area contributed by atoms with Crippen LogP contribution in [0.25, 0.3) is 10.7 Å². The molecule has 0 atom stereocenters. The summed E-state index contributed by atoms with van der Waals surface area (Å²) in [5, 5.41) is 10.7. The van der Waals surface area contributed by atoms with Crippen LogP contribution in [-0.2, 0) is 11.3 Å². The molecule has 0 saturated carbocycles. The van der Waals surface area contributed by atoms with Crippen molar-refractivity contribution in [2.75, 3.05) is 18.6 Å². The smallest absolute Gasteiger partial charge is 0.233 e. The Hall–Kier alpha value is -1.84. The molecule has 0 fully saturated rings. The Labute approximate surface area is 162 Å². The molecule has 0 aliphatic carbocycles. The van der Waals surface area contributed by atoms with Gasteiger partial charge in [-0.2, -0.15) is 0 Å². The van der Waals surface area contributed by atoms with Gasteiger partial charge in [-0.25, -0.2) is 4.68 Å². The number of amides is 1. The van der Waals surface area contributed by atoms with Crippen molar-refractivity contribution in [1.82, 2.24) is 19.8 Å². The van der Waals surface area contributed by atoms with Gasteiger partial charge in [0.2, 0.25) is 11.1 Å². The second kappa shape index (κ2) is 8.03. The number of rotatable bonds is 6. The lowest BCUT2D eigenvalue weighted by Crippen LogP contribution is -2.28. The summed E-state index contributed by atoms with van der Waals surface area (Å²) >= 11 is 6.33. The van der Waals surface area contributed by atoms with Crippen molar-refractivity contribution in [2.45, 2.75) is 11.7 Å². The molecule has 0 unspecified atom stereocenters. The van der Waals surface area contributed by atoms with E-state index < -0.39 is 0 Å². The quantitative estimate of drug-likeness (QED) is 0.473. The Kier molecular flexibility index (Phi) is 5.77. The van der Waals surface area contributed by atoms with E-state index in [1.54, 1.807) is 23.3 Å². The van der Waals surface area contributed by atoms with Gasteiger partial charge in [0.15, 0.2) is 5.82 Å². The molecule has 130 valence electrons. The number of halogens is 1. The first-order valence-corrected chi connectivity index (χ1v) is 10.1. The largest absolute Gasteiger partial charge is 0.341 e. The molecule has 9 heteroatoms. The van der Waals surface area contributed by atoms with Gasteiger partial charge in [-0.1, -0.05) is 52.0 Å². The molecule has 6 nitrogen and oxygen atoms in total. The minimum Gasteiger partial charge on any atom is -0.341 e. The van der Waals surface area contributed by atoms with Crippen LogP contribution in [-0.4, -0.2) is 38.5 Å². The lowest BCUT2D eigenvalue weighted by Gasteiger charge is -2.17. The van der Waals surface area contributed by atoms with Gasteiger partial charge in [0.05, 0.1) is 10.6 Å². The third-order valence-electron chi connectivity index (χ3n) is 3.52. The minimum absolute atomic E-state index is 0.00132. The van der Waals surface area contributed by atoms with Gasteiger partial charge in [0, 0.05) is 18.1 Å². The van der Waals surface area contributed by atoms with Crippen LogP contribution in [0, 0.1) is 0 Å². The highest BCUT2D eigenvalue weighted by Crippen LogP contribution is 2.25. The van der Waals surface area contributed by atoms with Crippen LogP contribution in [0.15, 0.2) is 51.4 Å². The van der Waals surface area contributed by atoms with Crippen LogP contribution >= 0.6 is 39.0 Å². The number of aromatic nitrogens is 3. The van der Waals surface area contributed by atoms with Gasteiger partial charge in [-0.05, 0) is 23.1 Å². The van der Waals surface area contributed by atoms with E-state index in [0.29, 0.717) is 17.5 Å². The van der Waals surface area contributed by atoms with Gasteiger partial charge < -0.3 is 10.7 Å². The standard InChI is InChI=1S/C16H16BrN5OS2/c1-21(9-11-5-2-3-6-12(11)17)14(23)10-25-16-20-19-15(22(16)18)13-7-4-8-24-13/h2-8H,9-10,18H2,1H3. The first kappa shape index (κ1) is 18.0. The minimum atomic E-state index is 0.00132. The average molecular weight is 438 g/mol. The van der Waals surface area contributed by atoms with E-state index in [4.69, 9.17) is 5.84 Å². The van der Waals surface area contributed by atoms with E-state index in [1.807, 2.05) is 41.8 Å². The lowest BCUT2D eigenvalue weighted by molar-refractivity contribution is -0.127. The van der Waals surface area contributed by atoms with Gasteiger partial charge in [-0.3, -0.25) is 4.79 Å². The molecule has 2 aromatic heterocycles. The average Bonchev–Trinajstić information content (AvgIpc) is 3.24. The van der Waals surface area contributed by atoms with Crippen molar-refractivity contribution in [3.05, 3.63) is 51.8 Å². The van der Waals surface area contributed by atoms with Crippen molar-refractivity contribution < 1.29 is 4.79 Å². The zero-order valence-electron chi connectivity index (χ0n) is 13.4. The SMILES string of the molecule is CN(Cc1ccccc1Br)C(=O)CSc1nnc(-c2cccs2)n1N. The normalized spacial score (nSPS) is 10.8. The maximum absolute atomic E-state index is 12.4. The molecule has 1 aromatic carbocycles. The van der Waals surface area contributed by atoms with Gasteiger partial charge in [0.25, 0.3) is 0 Å². The molecule has 0 bridgehead atoms. The molecule has 0 radical (unpaired) electrons. The number of nitrogen functional groups attached to an aromatic ring is 1. The number of carbonyl (C=O) groups excluding carboxylic acids is 1. The summed E-state index contributed by atoms with van der Waals surface area (Å²) in [4.78, 5) is 15.0. The second-order valence-corrected chi connectivity index (χ2v) is 8.03. The Balaban J connectivity index is 1.60. The van der Waals surface area contributed by atoms with Gasteiger partial charge in [0.1, 0.15) is 0 Å². The first-order chi connectivity index (χ1) is 12.1. The van der Waals surface area contributed by atoms with Crippen molar-refractivity contribution >= 4 is 44.9 Å². The van der Waals surface area contributed by atoms with Crippen molar-refractivity contribution in [3.63, 3.8) is 0 Å². The van der Waals surface area contributed by atoms with E-state index in [1.165, 1.54) is 16.4 Å². The molecule has 2 N–H and O–H groups in total. The fraction of sp³-hybridized carbons (Fsp3) is 0.188. The maximum Gasteiger partial charge on any atom is 0.233 e. The van der Waals surface area contributed by atoms with Crippen LogP contribution in [0.2, 0.25) is 0 Å². The number of carbonyl (C=O) groups is 1. The number of nitrogens with zero attached hydrogens (tertiary/aromatic N) is 4. The summed E-state index contributed by atoms with van der Waals surface area (Å²) in [6.45, 7) is 0.538. The molecular formula is C16H16BrN5OS2. The number of hydrogen-bond donors (Lipinski definition) is 1. The predicted octanol–water partition coefficient (Wildman–Crippen LogP) is 3.23. The van der Waals surface area contributed by atoms with E-state index in [2.05, 4.69) is 26.1 Å². The predicted molar refractivity (Wildman–Crippen MR) is 105 cm³/mol. The monoisotopic (exact) mass is 437 g/mol. The third-order valence-corrected chi connectivity index (χ3v) is 6.09. The van der Waals surface area contributed by atoms with Crippen LogP contribution in [0.1, 0.15) is 5.56 Å². The first-order valence-electron chi connectivity index (χ1n) is 7.41. The molecule has 25 heavy (non-hydrogen) atoms. The Bertz CT molecular complexity index is 865. The van der Waals surface area contributed by atoms with Crippen LogP contribution < -0.4 is 5.84 Å². The number of thioether (sulfide) groups is 1. The molecule has 2 heterocycles. The zero-order valence-corrected chi connectivity index (χ0v) is 16.6. The molecule has 0 aliphatic heterocycles. The topological polar surface area (TPSA) is 77.0 Å². The molecule has 1 amide bonds. The van der Waals surface area contributed by atoms with E-state index in [0.717, 1.165) is 14.9 Å². The zero-order chi connectivity index (χ0) is 17.8. The number of benzene rings is 1. The van der Waals surface area contributed by atoms with Gasteiger partial charge >= 0.3 is 0 Å². The summed E-state index contributed by atoms with van der Waals surface area (Å²) in [5.41, 5.74) is 1.06. The van der Waals surface area contributed by atoms with Crippen LogP contribution in [0.4, 0.5) is 0 Å². The Morgan fingerprint density at radius 2 is 2.12 bits per heavy atom. The van der Waals surface area contributed by atoms with Crippen LogP contribution in [0.3, 0.4) is 0 Å². The molecule has 0 aliphatic rings. The molecule has 3 rings (SSSR count). The molecule has 3 aromatic rings. The van der Waals surface area contributed by atoms with Crippen molar-refractivity contribution in [3.8, 4) is 10.7 Å². The van der Waals surface area contributed by atoms with Crippen molar-refractivity contribution in [2.24, 2.45) is 0 Å². The summed E-state index contributed by atoms with van der Waals surface area (Å²) in [6.07, 6.45) is 0. The second-order valence-electron chi connectivity index (χ2n) is 5.28. The maximum atomic E-state index is 12.4. The van der Waals surface area contributed by atoms with Crippen LogP contribution in [0.5, 0.6) is 0 Å². The fourth-order valence-corrected chi connectivity index (χ4v) is 4.07. The highest BCUT2D eigenvalue weighted by Gasteiger charge is 2.16. The molecule has 0 saturated heterocycles. The highest BCUT2D eigenvalue weighted by molar-refractivity contribution is 9.10. The van der Waals surface area contributed by atoms with E-state index >= 15 is 0 Å².